The molecular weight excluding hydrogens is 379 g/mol. The number of aliphatic hydroxyl groups is 1. The molecule has 0 saturated heterocycles. The van der Waals surface area contributed by atoms with Gasteiger partial charge in [0.2, 0.25) is 11.6 Å². The number of imidazole rings is 1. The first-order valence-electron chi connectivity index (χ1n) is 8.38. The van der Waals surface area contributed by atoms with Gasteiger partial charge in [0, 0.05) is 5.92 Å². The van der Waals surface area contributed by atoms with Gasteiger partial charge in [-0.2, -0.15) is 14.7 Å². The van der Waals surface area contributed by atoms with E-state index in [2.05, 4.69) is 15.0 Å². The number of hydrogen-bond acceptors (Lipinski definition) is 11. The fourth-order valence-corrected chi connectivity index (χ4v) is 3.53. The first kappa shape index (κ1) is 21.3. The van der Waals surface area contributed by atoms with E-state index in [-0.39, 0.29) is 51.1 Å². The monoisotopic (exact) mass is 404 g/mol. The fraction of sp³-hybridized carbons (Fsp3) is 0.643. The molecule has 0 aromatic carbocycles. The van der Waals surface area contributed by atoms with E-state index in [0.717, 1.165) is 0 Å². The van der Waals surface area contributed by atoms with Crippen LogP contribution in [0.5, 0.6) is 0 Å². The number of anilines is 2. The van der Waals surface area contributed by atoms with Gasteiger partial charge >= 0.3 is 7.60 Å². The van der Waals surface area contributed by atoms with Crippen LogP contribution in [-0.4, -0.2) is 64.2 Å². The lowest BCUT2D eigenvalue weighted by molar-refractivity contribution is 0.0179. The van der Waals surface area contributed by atoms with Gasteiger partial charge in [-0.3, -0.25) is 4.57 Å². The van der Waals surface area contributed by atoms with Crippen molar-refractivity contribution in [1.82, 2.24) is 19.7 Å². The van der Waals surface area contributed by atoms with Crippen LogP contribution in [-0.2, 0) is 18.3 Å². The summed E-state index contributed by atoms with van der Waals surface area (Å²) in [5.41, 5.74) is 12.0. The molecule has 2 heterocycles. The molecule has 1 unspecified atom stereocenters. The molecule has 0 saturated carbocycles. The Kier molecular flexibility index (Phi) is 7.75. The molecule has 0 radical (unpaired) electrons. The number of ether oxygens (including phenoxy) is 1. The topological polar surface area (TPSA) is 170 Å². The Morgan fingerprint density at radius 3 is 2.56 bits per heavy atom. The van der Waals surface area contributed by atoms with Gasteiger partial charge in [-0.15, -0.1) is 0 Å². The van der Waals surface area contributed by atoms with Crippen LogP contribution in [0.15, 0.2) is 6.33 Å². The van der Waals surface area contributed by atoms with Gasteiger partial charge in [0.05, 0.1) is 26.4 Å². The third kappa shape index (κ3) is 5.75. The molecular formula is C14H25N6O6P. The van der Waals surface area contributed by atoms with Gasteiger partial charge in [0.15, 0.2) is 11.3 Å². The van der Waals surface area contributed by atoms with Crippen molar-refractivity contribution in [2.24, 2.45) is 5.92 Å². The number of fused-ring (bicyclic) bond motifs is 1. The summed E-state index contributed by atoms with van der Waals surface area (Å²) >= 11 is 0. The van der Waals surface area contributed by atoms with Crippen molar-refractivity contribution in [3.8, 4) is 0 Å². The third-order valence-electron chi connectivity index (χ3n) is 3.37. The minimum Gasteiger partial charge on any atom is -0.410 e. The van der Waals surface area contributed by atoms with Crippen molar-refractivity contribution in [1.29, 1.82) is 0 Å². The summed E-state index contributed by atoms with van der Waals surface area (Å²) in [5, 5.41) is 9.51. The van der Waals surface area contributed by atoms with Crippen molar-refractivity contribution >= 4 is 30.5 Å². The molecule has 1 atom stereocenters. The molecule has 0 amide bonds. The highest BCUT2D eigenvalue weighted by Crippen LogP contribution is 2.47. The van der Waals surface area contributed by atoms with E-state index >= 15 is 0 Å². The van der Waals surface area contributed by atoms with Gasteiger partial charge in [-0.25, -0.2) is 4.98 Å². The molecule has 0 aliphatic heterocycles. The third-order valence-corrected chi connectivity index (χ3v) is 5.17. The Hall–Kier alpha value is -1.98. The Bertz CT molecular complexity index is 777. The van der Waals surface area contributed by atoms with Crippen LogP contribution in [0, 0.1) is 5.92 Å². The van der Waals surface area contributed by atoms with E-state index in [4.69, 9.17) is 30.1 Å². The second kappa shape index (κ2) is 9.81. The number of nitrogen functional groups attached to an aromatic ring is 2. The van der Waals surface area contributed by atoms with Crippen LogP contribution in [0.2, 0.25) is 0 Å². The standard InChI is InChI=1S/C14H25N6O6P/c1-3-25-27(22,26-4-2)9-23-6-10(5-21)7-24-20-8-17-11-12(15)18-14(16)19-13(11)20/h8,10,21H,3-7,9H2,1-2H3,(H4,15,16,18,19). The molecule has 2 aromatic rings. The highest BCUT2D eigenvalue weighted by Gasteiger charge is 2.24. The smallest absolute Gasteiger partial charge is 0.356 e. The summed E-state index contributed by atoms with van der Waals surface area (Å²) in [6.07, 6.45) is 1.17. The molecule has 12 nitrogen and oxygen atoms in total. The number of hydrogen-bond donors (Lipinski definition) is 3. The molecule has 5 N–H and O–H groups in total. The highest BCUT2D eigenvalue weighted by molar-refractivity contribution is 7.53. The van der Waals surface area contributed by atoms with Crippen molar-refractivity contribution in [2.75, 3.05) is 50.8 Å². The van der Waals surface area contributed by atoms with E-state index in [9.17, 15) is 9.67 Å². The van der Waals surface area contributed by atoms with Gasteiger partial charge in [-0.1, -0.05) is 0 Å². The number of rotatable bonds is 12. The van der Waals surface area contributed by atoms with Crippen molar-refractivity contribution in [3.05, 3.63) is 6.33 Å². The molecule has 2 rings (SSSR count). The lowest BCUT2D eigenvalue weighted by Gasteiger charge is -2.19. The number of nitrogens with two attached hydrogens (primary N) is 2. The van der Waals surface area contributed by atoms with E-state index in [1.54, 1.807) is 13.8 Å². The Morgan fingerprint density at radius 2 is 1.93 bits per heavy atom. The van der Waals surface area contributed by atoms with Crippen LogP contribution < -0.4 is 16.3 Å². The zero-order valence-corrected chi connectivity index (χ0v) is 16.2. The summed E-state index contributed by atoms with van der Waals surface area (Å²) in [6, 6.07) is 0. The van der Waals surface area contributed by atoms with E-state index in [1.165, 1.54) is 11.1 Å². The Morgan fingerprint density at radius 1 is 1.22 bits per heavy atom. The van der Waals surface area contributed by atoms with Gasteiger partial charge in [0.1, 0.15) is 19.3 Å². The first-order chi connectivity index (χ1) is 12.9. The summed E-state index contributed by atoms with van der Waals surface area (Å²) < 4.78 is 29.3. The zero-order chi connectivity index (χ0) is 19.9. The maximum Gasteiger partial charge on any atom is 0.356 e. The van der Waals surface area contributed by atoms with E-state index in [0.29, 0.717) is 11.2 Å². The molecule has 152 valence electrons. The predicted octanol–water partition coefficient (Wildman–Crippen LogP) is 0.268. The van der Waals surface area contributed by atoms with Crippen LogP contribution in [0.4, 0.5) is 11.8 Å². The van der Waals surface area contributed by atoms with Crippen LogP contribution in [0.25, 0.3) is 11.2 Å². The minimum absolute atomic E-state index is 0.00464. The minimum atomic E-state index is -3.30. The van der Waals surface area contributed by atoms with Crippen LogP contribution in [0.3, 0.4) is 0 Å². The quantitative estimate of drug-likeness (QED) is 0.415. The van der Waals surface area contributed by atoms with Gasteiger partial charge in [-0.05, 0) is 13.8 Å². The molecule has 13 heteroatoms. The van der Waals surface area contributed by atoms with Gasteiger partial charge < -0.3 is 35.2 Å². The Labute approximate surface area is 156 Å². The molecule has 0 fully saturated rings. The molecule has 27 heavy (non-hydrogen) atoms. The summed E-state index contributed by atoms with van der Waals surface area (Å²) in [6.45, 7) is 3.89. The second-order valence-electron chi connectivity index (χ2n) is 5.50. The fourth-order valence-electron chi connectivity index (χ4n) is 2.19. The van der Waals surface area contributed by atoms with Crippen molar-refractivity contribution in [3.63, 3.8) is 0 Å². The largest absolute Gasteiger partial charge is 0.410 e. The first-order valence-corrected chi connectivity index (χ1v) is 10.1. The molecule has 0 aliphatic carbocycles. The number of nitrogens with zero attached hydrogens (tertiary/aromatic N) is 4. The van der Waals surface area contributed by atoms with E-state index in [1.807, 2.05) is 0 Å². The van der Waals surface area contributed by atoms with Crippen LogP contribution >= 0.6 is 7.60 Å². The summed E-state index contributed by atoms with van der Waals surface area (Å²) in [5.74, 6) is -0.254. The maximum atomic E-state index is 12.3. The number of aromatic nitrogens is 4. The lowest BCUT2D eigenvalue weighted by atomic mass is 10.2. The SMILES string of the molecule is CCOP(=O)(COCC(CO)COn1cnc2c(N)nc(N)nc21)OCC. The molecule has 0 spiro atoms. The Balaban J connectivity index is 1.91. The van der Waals surface area contributed by atoms with Gasteiger partial charge in [0.25, 0.3) is 0 Å². The zero-order valence-electron chi connectivity index (χ0n) is 15.3. The average Bonchev–Trinajstić information content (AvgIpc) is 3.01. The molecule has 2 aromatic heterocycles. The lowest BCUT2D eigenvalue weighted by Crippen LogP contribution is -2.26. The average molecular weight is 404 g/mol. The second-order valence-corrected chi connectivity index (χ2v) is 7.50. The van der Waals surface area contributed by atoms with Crippen molar-refractivity contribution in [2.45, 2.75) is 13.8 Å². The highest BCUT2D eigenvalue weighted by atomic mass is 31.2. The summed E-state index contributed by atoms with van der Waals surface area (Å²) in [4.78, 5) is 17.5. The van der Waals surface area contributed by atoms with Crippen LogP contribution in [0.1, 0.15) is 13.8 Å². The maximum absolute atomic E-state index is 12.3. The summed E-state index contributed by atoms with van der Waals surface area (Å²) in [7, 11) is -3.30. The number of aliphatic hydroxyl groups excluding tert-OH is 1. The molecule has 0 bridgehead atoms. The van der Waals surface area contributed by atoms with E-state index < -0.39 is 13.5 Å². The normalized spacial score (nSPS) is 13.1. The van der Waals surface area contributed by atoms with Crippen molar-refractivity contribution < 1.29 is 28.3 Å². The predicted molar refractivity (Wildman–Crippen MR) is 97.8 cm³/mol. The molecule has 0 aliphatic rings.